The molecule has 0 aromatic heterocycles. The van der Waals surface area contributed by atoms with E-state index >= 15 is 0 Å². The van der Waals surface area contributed by atoms with Crippen molar-refractivity contribution in [3.63, 3.8) is 0 Å². The molecule has 3 heteroatoms. The molecule has 0 aliphatic heterocycles. The Morgan fingerprint density at radius 2 is 1.90 bits per heavy atom. The minimum absolute atomic E-state index is 0.0173. The van der Waals surface area contributed by atoms with Gasteiger partial charge in [-0.25, -0.2) is 0 Å². The van der Waals surface area contributed by atoms with E-state index in [-0.39, 0.29) is 11.5 Å². The van der Waals surface area contributed by atoms with Crippen molar-refractivity contribution < 1.29 is 0 Å². The molecule has 1 N–H and O–H groups in total. The Kier molecular flexibility index (Phi) is 7.12. The molecule has 0 aliphatic carbocycles. The van der Waals surface area contributed by atoms with Crippen LogP contribution in [0.4, 0.5) is 0 Å². The van der Waals surface area contributed by atoms with Crippen molar-refractivity contribution >= 4 is 11.8 Å². The fourth-order valence-corrected chi connectivity index (χ4v) is 2.79. The second-order valence-corrected chi connectivity index (χ2v) is 7.22. The van der Waals surface area contributed by atoms with Gasteiger partial charge in [-0.3, -0.25) is 0 Å². The number of rotatable bonds is 7. The summed E-state index contributed by atoms with van der Waals surface area (Å²) in [5, 5.41) is 12.3. The summed E-state index contributed by atoms with van der Waals surface area (Å²) >= 11 is 1.83. The molecular formula is C17H26N2S. The third-order valence-electron chi connectivity index (χ3n) is 3.19. The third-order valence-corrected chi connectivity index (χ3v) is 4.24. The summed E-state index contributed by atoms with van der Waals surface area (Å²) in [4.78, 5) is 1.28. The first-order valence-electron chi connectivity index (χ1n) is 7.33. The summed E-state index contributed by atoms with van der Waals surface area (Å²) in [7, 11) is 0. The Morgan fingerprint density at radius 3 is 2.40 bits per heavy atom. The van der Waals surface area contributed by atoms with Gasteiger partial charge in [0.05, 0.1) is 12.1 Å². The summed E-state index contributed by atoms with van der Waals surface area (Å²) in [5.41, 5.74) is 1.57. The second kappa shape index (κ2) is 8.34. The fourth-order valence-electron chi connectivity index (χ4n) is 1.88. The molecule has 0 aliphatic rings. The highest BCUT2D eigenvalue weighted by Gasteiger charge is 2.13. The van der Waals surface area contributed by atoms with Gasteiger partial charge in [0.2, 0.25) is 0 Å². The monoisotopic (exact) mass is 290 g/mol. The SMILES string of the molecule is CCCNC(C#N)CCSc1ccc(C(C)(C)C)cc1. The molecule has 0 amide bonds. The lowest BCUT2D eigenvalue weighted by atomic mass is 9.87. The highest BCUT2D eigenvalue weighted by Crippen LogP contribution is 2.26. The Balaban J connectivity index is 2.41. The van der Waals surface area contributed by atoms with Crippen LogP contribution in [0.3, 0.4) is 0 Å². The zero-order valence-corrected chi connectivity index (χ0v) is 13.9. The molecule has 0 spiro atoms. The third kappa shape index (κ3) is 5.98. The van der Waals surface area contributed by atoms with E-state index in [9.17, 15) is 0 Å². The molecule has 0 fully saturated rings. The van der Waals surface area contributed by atoms with Crippen LogP contribution >= 0.6 is 11.8 Å². The second-order valence-electron chi connectivity index (χ2n) is 6.05. The van der Waals surface area contributed by atoms with Crippen LogP contribution in [0.25, 0.3) is 0 Å². The summed E-state index contributed by atoms with van der Waals surface area (Å²) in [6, 6.07) is 11.1. The molecule has 2 nitrogen and oxygen atoms in total. The molecule has 1 aromatic carbocycles. The lowest BCUT2D eigenvalue weighted by Gasteiger charge is -2.19. The molecule has 1 rings (SSSR count). The zero-order chi connectivity index (χ0) is 15.0. The predicted octanol–water partition coefficient (Wildman–Crippen LogP) is 4.36. The van der Waals surface area contributed by atoms with Gasteiger partial charge in [0.15, 0.2) is 0 Å². The van der Waals surface area contributed by atoms with Crippen LogP contribution in [0.2, 0.25) is 0 Å². The topological polar surface area (TPSA) is 35.8 Å². The van der Waals surface area contributed by atoms with Crippen LogP contribution in [-0.4, -0.2) is 18.3 Å². The van der Waals surface area contributed by atoms with E-state index in [0.717, 1.165) is 25.1 Å². The lowest BCUT2D eigenvalue weighted by molar-refractivity contribution is 0.585. The quantitative estimate of drug-likeness (QED) is 0.758. The summed E-state index contributed by atoms with van der Waals surface area (Å²) in [6.45, 7) is 9.72. The van der Waals surface area contributed by atoms with Crippen LogP contribution in [0.5, 0.6) is 0 Å². The van der Waals surface area contributed by atoms with Gasteiger partial charge < -0.3 is 5.32 Å². The first-order chi connectivity index (χ1) is 9.47. The van der Waals surface area contributed by atoms with Crippen LogP contribution in [0.1, 0.15) is 46.1 Å². The van der Waals surface area contributed by atoms with E-state index in [0.29, 0.717) is 0 Å². The van der Waals surface area contributed by atoms with E-state index in [1.807, 2.05) is 11.8 Å². The van der Waals surface area contributed by atoms with Gasteiger partial charge in [-0.15, -0.1) is 11.8 Å². The van der Waals surface area contributed by atoms with E-state index in [2.05, 4.69) is 63.3 Å². The Morgan fingerprint density at radius 1 is 1.25 bits per heavy atom. The van der Waals surface area contributed by atoms with Crippen molar-refractivity contribution in [1.82, 2.24) is 5.32 Å². The maximum absolute atomic E-state index is 9.05. The summed E-state index contributed by atoms with van der Waals surface area (Å²) in [6.07, 6.45) is 1.96. The number of nitriles is 1. The Hall–Kier alpha value is -0.980. The average Bonchev–Trinajstić information content (AvgIpc) is 2.42. The summed E-state index contributed by atoms with van der Waals surface area (Å²) in [5.74, 6) is 0.976. The van der Waals surface area contributed by atoms with Gasteiger partial charge in [-0.2, -0.15) is 5.26 Å². The zero-order valence-electron chi connectivity index (χ0n) is 13.1. The van der Waals surface area contributed by atoms with Crippen molar-refractivity contribution in [3.8, 4) is 6.07 Å². The van der Waals surface area contributed by atoms with E-state index < -0.39 is 0 Å². The number of thioether (sulfide) groups is 1. The first kappa shape index (κ1) is 17.1. The van der Waals surface area contributed by atoms with Gasteiger partial charge in [0.25, 0.3) is 0 Å². The normalized spacial score (nSPS) is 12.9. The predicted molar refractivity (Wildman–Crippen MR) is 88.2 cm³/mol. The van der Waals surface area contributed by atoms with Crippen LogP contribution in [0, 0.1) is 11.3 Å². The summed E-state index contributed by atoms with van der Waals surface area (Å²) < 4.78 is 0. The van der Waals surface area contributed by atoms with Gasteiger partial charge in [-0.05, 0) is 42.5 Å². The van der Waals surface area contributed by atoms with Crippen molar-refractivity contribution in [1.29, 1.82) is 5.26 Å². The standard InChI is InChI=1S/C17H26N2S/c1-5-11-19-15(13-18)10-12-20-16-8-6-14(7-9-16)17(2,3)4/h6-9,15,19H,5,10-12H2,1-4H3. The van der Waals surface area contributed by atoms with Gasteiger partial charge in [0, 0.05) is 10.6 Å². The number of benzene rings is 1. The highest BCUT2D eigenvalue weighted by molar-refractivity contribution is 7.99. The van der Waals surface area contributed by atoms with Crippen molar-refractivity contribution in [2.24, 2.45) is 0 Å². The molecule has 20 heavy (non-hydrogen) atoms. The molecule has 1 atom stereocenters. The Labute approximate surface area is 128 Å². The first-order valence-corrected chi connectivity index (χ1v) is 8.32. The number of hydrogen-bond donors (Lipinski definition) is 1. The van der Waals surface area contributed by atoms with Gasteiger partial charge in [-0.1, -0.05) is 39.8 Å². The number of nitrogens with zero attached hydrogens (tertiary/aromatic N) is 1. The van der Waals surface area contributed by atoms with Crippen LogP contribution in [0.15, 0.2) is 29.2 Å². The largest absolute Gasteiger partial charge is 0.302 e. The van der Waals surface area contributed by atoms with Crippen molar-refractivity contribution in [2.75, 3.05) is 12.3 Å². The molecule has 110 valence electrons. The van der Waals surface area contributed by atoms with Crippen molar-refractivity contribution in [3.05, 3.63) is 29.8 Å². The van der Waals surface area contributed by atoms with Gasteiger partial charge in [0.1, 0.15) is 0 Å². The minimum atomic E-state index is -0.0173. The number of nitrogens with one attached hydrogen (secondary N) is 1. The van der Waals surface area contributed by atoms with Crippen LogP contribution < -0.4 is 5.32 Å². The maximum Gasteiger partial charge on any atom is 0.0961 e. The molecular weight excluding hydrogens is 264 g/mol. The molecule has 0 saturated carbocycles. The molecule has 0 bridgehead atoms. The minimum Gasteiger partial charge on any atom is -0.302 e. The van der Waals surface area contributed by atoms with E-state index in [1.54, 1.807) is 0 Å². The molecule has 0 saturated heterocycles. The maximum atomic E-state index is 9.05. The smallest absolute Gasteiger partial charge is 0.0961 e. The molecule has 0 radical (unpaired) electrons. The van der Waals surface area contributed by atoms with E-state index in [4.69, 9.17) is 5.26 Å². The van der Waals surface area contributed by atoms with E-state index in [1.165, 1.54) is 10.5 Å². The van der Waals surface area contributed by atoms with Gasteiger partial charge >= 0.3 is 0 Å². The molecule has 1 aromatic rings. The molecule has 1 unspecified atom stereocenters. The highest BCUT2D eigenvalue weighted by atomic mass is 32.2. The molecule has 0 heterocycles. The average molecular weight is 290 g/mol. The Bertz CT molecular complexity index is 426. The van der Waals surface area contributed by atoms with Crippen molar-refractivity contribution in [2.45, 2.75) is 56.9 Å². The lowest BCUT2D eigenvalue weighted by Crippen LogP contribution is -2.28. The van der Waals surface area contributed by atoms with Crippen LogP contribution in [-0.2, 0) is 5.41 Å². The fraction of sp³-hybridized carbons (Fsp3) is 0.588. The number of hydrogen-bond acceptors (Lipinski definition) is 3.